The van der Waals surface area contributed by atoms with Crippen LogP contribution in [-0.4, -0.2) is 48.0 Å². The molecule has 1 aromatic carbocycles. The molecule has 1 unspecified atom stereocenters. The lowest BCUT2D eigenvalue weighted by atomic mass is 10.1. The van der Waals surface area contributed by atoms with Gasteiger partial charge in [-0.05, 0) is 31.0 Å². The van der Waals surface area contributed by atoms with Crippen molar-refractivity contribution in [2.45, 2.75) is 18.1 Å². The van der Waals surface area contributed by atoms with Crippen LogP contribution in [0.2, 0.25) is 0 Å². The summed E-state index contributed by atoms with van der Waals surface area (Å²) < 4.78 is 37.3. The molecular weight excluding hydrogens is 331 g/mol. The van der Waals surface area contributed by atoms with Crippen LogP contribution in [0.25, 0.3) is 21.9 Å². The third kappa shape index (κ3) is 2.50. The van der Waals surface area contributed by atoms with Gasteiger partial charge < -0.3 is 9.88 Å². The lowest BCUT2D eigenvalue weighted by molar-refractivity contribution is 0.534. The van der Waals surface area contributed by atoms with Crippen molar-refractivity contribution < 1.29 is 12.8 Å². The Balaban J connectivity index is 1.86. The number of aromatic nitrogens is 3. The first-order chi connectivity index (χ1) is 11.4. The van der Waals surface area contributed by atoms with Gasteiger partial charge in [0.15, 0.2) is 9.84 Å². The van der Waals surface area contributed by atoms with Crippen molar-refractivity contribution in [3.63, 3.8) is 0 Å². The van der Waals surface area contributed by atoms with Crippen LogP contribution in [0, 0.1) is 5.82 Å². The number of sulfone groups is 1. The number of fused-ring (bicyclic) bond motifs is 3. The Hall–Kier alpha value is -2.22. The molecule has 1 aliphatic heterocycles. The fourth-order valence-electron chi connectivity index (χ4n) is 3.40. The molecule has 8 heteroatoms. The fraction of sp³-hybridized carbons (Fsp3) is 0.375. The van der Waals surface area contributed by atoms with E-state index in [-0.39, 0.29) is 11.1 Å². The summed E-state index contributed by atoms with van der Waals surface area (Å²) in [5, 5.41) is 1.25. The van der Waals surface area contributed by atoms with Gasteiger partial charge in [-0.25, -0.2) is 22.8 Å². The maximum absolute atomic E-state index is 13.5. The maximum atomic E-state index is 13.5. The van der Waals surface area contributed by atoms with Gasteiger partial charge >= 0.3 is 0 Å². The predicted octanol–water partition coefficient (Wildman–Crippen LogP) is 2.26. The van der Waals surface area contributed by atoms with Crippen molar-refractivity contribution in [3.05, 3.63) is 30.3 Å². The van der Waals surface area contributed by atoms with Gasteiger partial charge in [0.25, 0.3) is 0 Å². The minimum Gasteiger partial charge on any atom is -0.355 e. The van der Waals surface area contributed by atoms with Gasteiger partial charge in [0.2, 0.25) is 0 Å². The number of nitrogens with zero attached hydrogens (tertiary/aromatic N) is 3. The highest BCUT2D eigenvalue weighted by atomic mass is 32.2. The second-order valence-corrected chi connectivity index (χ2v) is 8.60. The molecule has 0 amide bonds. The zero-order chi connectivity index (χ0) is 16.9. The summed E-state index contributed by atoms with van der Waals surface area (Å²) in [4.78, 5) is 13.7. The SMILES string of the molecule is CS(=O)(=O)C1CCCN(c2ncnc3[nH]c4cc(F)ccc4c23)C1. The lowest BCUT2D eigenvalue weighted by Crippen LogP contribution is -2.42. The molecule has 6 nitrogen and oxygen atoms in total. The van der Waals surface area contributed by atoms with E-state index >= 15 is 0 Å². The van der Waals surface area contributed by atoms with E-state index in [4.69, 9.17) is 0 Å². The van der Waals surface area contributed by atoms with E-state index in [0.29, 0.717) is 29.9 Å². The van der Waals surface area contributed by atoms with Crippen LogP contribution in [0.1, 0.15) is 12.8 Å². The van der Waals surface area contributed by atoms with E-state index in [9.17, 15) is 12.8 Å². The monoisotopic (exact) mass is 348 g/mol. The average Bonchev–Trinajstić information content (AvgIpc) is 2.91. The van der Waals surface area contributed by atoms with E-state index in [1.165, 1.54) is 24.7 Å². The molecule has 0 saturated carbocycles. The predicted molar refractivity (Wildman–Crippen MR) is 91.4 cm³/mol. The maximum Gasteiger partial charge on any atom is 0.152 e. The van der Waals surface area contributed by atoms with Crippen molar-refractivity contribution in [2.24, 2.45) is 0 Å². The Morgan fingerprint density at radius 1 is 1.33 bits per heavy atom. The quantitative estimate of drug-likeness (QED) is 0.768. The number of H-pyrrole nitrogens is 1. The number of piperidine rings is 1. The van der Waals surface area contributed by atoms with E-state index < -0.39 is 9.84 Å². The highest BCUT2D eigenvalue weighted by molar-refractivity contribution is 7.91. The third-order valence-corrected chi connectivity index (χ3v) is 6.21. The van der Waals surface area contributed by atoms with E-state index in [0.717, 1.165) is 23.7 Å². The summed E-state index contributed by atoms with van der Waals surface area (Å²) in [6.45, 7) is 1.16. The molecule has 24 heavy (non-hydrogen) atoms. The normalized spacial score (nSPS) is 19.2. The van der Waals surface area contributed by atoms with Crippen molar-refractivity contribution in [3.8, 4) is 0 Å². The third-order valence-electron chi connectivity index (χ3n) is 4.61. The van der Waals surface area contributed by atoms with Crippen molar-refractivity contribution in [1.29, 1.82) is 0 Å². The van der Waals surface area contributed by atoms with E-state index in [2.05, 4.69) is 15.0 Å². The molecule has 1 N–H and O–H groups in total. The molecule has 1 aliphatic rings. The summed E-state index contributed by atoms with van der Waals surface area (Å²) in [6, 6.07) is 4.53. The van der Waals surface area contributed by atoms with Gasteiger partial charge in [0.05, 0.1) is 16.2 Å². The number of benzene rings is 1. The number of anilines is 1. The molecule has 1 saturated heterocycles. The van der Waals surface area contributed by atoms with Crippen LogP contribution < -0.4 is 4.90 Å². The van der Waals surface area contributed by atoms with Crippen LogP contribution in [0.5, 0.6) is 0 Å². The van der Waals surface area contributed by atoms with E-state index in [1.54, 1.807) is 6.07 Å². The van der Waals surface area contributed by atoms with Gasteiger partial charge in [0.1, 0.15) is 23.6 Å². The standard InChI is InChI=1S/C16H17FN4O2S/c1-24(22,23)11-3-2-6-21(8-11)16-14-12-5-4-10(17)7-13(12)20-15(14)18-9-19-16/h4-5,7,9,11H,2-3,6,8H2,1H3,(H,18,19,20). The summed E-state index contributed by atoms with van der Waals surface area (Å²) in [6.07, 6.45) is 4.20. The van der Waals surface area contributed by atoms with Gasteiger partial charge in [-0.3, -0.25) is 0 Å². The molecule has 4 rings (SSSR count). The molecule has 126 valence electrons. The Labute approximate surface area is 138 Å². The van der Waals surface area contributed by atoms with Gasteiger partial charge in [-0.2, -0.15) is 0 Å². The first-order valence-electron chi connectivity index (χ1n) is 7.79. The fourth-order valence-corrected chi connectivity index (χ4v) is 4.45. The molecule has 0 bridgehead atoms. The van der Waals surface area contributed by atoms with Crippen LogP contribution in [0.15, 0.2) is 24.5 Å². The Morgan fingerprint density at radius 3 is 2.96 bits per heavy atom. The molecule has 1 atom stereocenters. The first kappa shape index (κ1) is 15.3. The van der Waals surface area contributed by atoms with Gasteiger partial charge in [-0.15, -0.1) is 0 Å². The summed E-state index contributed by atoms with van der Waals surface area (Å²) >= 11 is 0. The Bertz CT molecular complexity index is 1030. The molecule has 0 radical (unpaired) electrons. The van der Waals surface area contributed by atoms with E-state index in [1.807, 2.05) is 4.90 Å². The number of hydrogen-bond donors (Lipinski definition) is 1. The molecule has 0 spiro atoms. The topological polar surface area (TPSA) is 79.0 Å². The summed E-state index contributed by atoms with van der Waals surface area (Å²) in [5.74, 6) is 0.380. The van der Waals surface area contributed by atoms with Crippen LogP contribution >= 0.6 is 0 Å². The number of hydrogen-bond acceptors (Lipinski definition) is 5. The number of halogens is 1. The number of nitrogens with one attached hydrogen (secondary N) is 1. The van der Waals surface area contributed by atoms with Gasteiger partial charge in [0, 0.05) is 24.7 Å². The highest BCUT2D eigenvalue weighted by Crippen LogP contribution is 2.33. The largest absolute Gasteiger partial charge is 0.355 e. The average molecular weight is 348 g/mol. The minimum atomic E-state index is -3.10. The zero-order valence-corrected chi connectivity index (χ0v) is 14.0. The second kappa shape index (κ2) is 5.41. The Morgan fingerprint density at radius 2 is 2.17 bits per heavy atom. The zero-order valence-electron chi connectivity index (χ0n) is 13.2. The second-order valence-electron chi connectivity index (χ2n) is 6.28. The first-order valence-corrected chi connectivity index (χ1v) is 9.75. The number of aromatic amines is 1. The molecule has 3 aromatic rings. The molecule has 0 aliphatic carbocycles. The lowest BCUT2D eigenvalue weighted by Gasteiger charge is -2.32. The van der Waals surface area contributed by atoms with Crippen molar-refractivity contribution in [1.82, 2.24) is 15.0 Å². The van der Waals surface area contributed by atoms with Crippen molar-refractivity contribution in [2.75, 3.05) is 24.2 Å². The smallest absolute Gasteiger partial charge is 0.152 e. The Kier molecular flexibility index (Phi) is 3.45. The van der Waals surface area contributed by atoms with Crippen LogP contribution in [0.3, 0.4) is 0 Å². The number of rotatable bonds is 2. The summed E-state index contributed by atoms with van der Waals surface area (Å²) in [7, 11) is -3.10. The molecule has 3 heterocycles. The van der Waals surface area contributed by atoms with Crippen molar-refractivity contribution >= 4 is 37.6 Å². The minimum absolute atomic E-state index is 0.321. The van der Waals surface area contributed by atoms with Crippen LogP contribution in [0.4, 0.5) is 10.2 Å². The molecule has 1 fully saturated rings. The molecular formula is C16H17FN4O2S. The van der Waals surface area contributed by atoms with Crippen LogP contribution in [-0.2, 0) is 9.84 Å². The summed E-state index contributed by atoms with van der Waals surface area (Å²) in [5.41, 5.74) is 1.28. The molecule has 2 aromatic heterocycles. The highest BCUT2D eigenvalue weighted by Gasteiger charge is 2.29. The van der Waals surface area contributed by atoms with Gasteiger partial charge in [-0.1, -0.05) is 0 Å².